The lowest BCUT2D eigenvalue weighted by Gasteiger charge is -2.24. The zero-order chi connectivity index (χ0) is 19.3. The topological polar surface area (TPSA) is 81.2 Å². The van der Waals surface area contributed by atoms with E-state index < -0.39 is 10.0 Å². The Morgan fingerprint density at radius 1 is 1.15 bits per heavy atom. The van der Waals surface area contributed by atoms with Gasteiger partial charge >= 0.3 is 0 Å². The van der Waals surface area contributed by atoms with Crippen LogP contribution in [0.15, 0.2) is 21.7 Å². The predicted octanol–water partition coefficient (Wildman–Crippen LogP) is -0.00890. The number of amides is 2. The molecule has 2 heterocycles. The third-order valence-electron chi connectivity index (χ3n) is 4.32. The first-order chi connectivity index (χ1) is 12.2. The predicted molar refractivity (Wildman–Crippen MR) is 100 cm³/mol. The van der Waals surface area contributed by atoms with E-state index in [4.69, 9.17) is 0 Å². The van der Waals surface area contributed by atoms with E-state index in [2.05, 4.69) is 0 Å². The SMILES string of the molecule is CN(C)C(=O)CN1CCCN(C(=O)CN(C)S(=O)(=O)c2cccs2)CC1. The molecule has 0 atom stereocenters. The van der Waals surface area contributed by atoms with Crippen molar-refractivity contribution in [3.8, 4) is 0 Å². The smallest absolute Gasteiger partial charge is 0.252 e. The zero-order valence-electron chi connectivity index (χ0n) is 15.4. The van der Waals surface area contributed by atoms with E-state index in [0.717, 1.165) is 28.6 Å². The van der Waals surface area contributed by atoms with E-state index >= 15 is 0 Å². The Morgan fingerprint density at radius 3 is 2.50 bits per heavy atom. The van der Waals surface area contributed by atoms with Crippen LogP contribution in [0, 0.1) is 0 Å². The fourth-order valence-electron chi connectivity index (χ4n) is 2.65. The molecule has 2 amide bonds. The van der Waals surface area contributed by atoms with Crippen molar-refractivity contribution in [2.75, 3.05) is 60.4 Å². The summed E-state index contributed by atoms with van der Waals surface area (Å²) in [5.41, 5.74) is 0. The number of nitrogens with zero attached hydrogens (tertiary/aromatic N) is 4. The van der Waals surface area contributed by atoms with Crippen LogP contribution in [0.1, 0.15) is 6.42 Å². The second-order valence-corrected chi connectivity index (χ2v) is 9.71. The van der Waals surface area contributed by atoms with Crippen molar-refractivity contribution in [3.05, 3.63) is 17.5 Å². The summed E-state index contributed by atoms with van der Waals surface area (Å²) in [7, 11) is 1.24. The Kier molecular flexibility index (Phi) is 7.16. The highest BCUT2D eigenvalue weighted by atomic mass is 32.2. The first-order valence-corrected chi connectivity index (χ1v) is 10.7. The molecule has 1 aliphatic rings. The van der Waals surface area contributed by atoms with E-state index in [-0.39, 0.29) is 22.6 Å². The molecule has 0 aromatic carbocycles. The van der Waals surface area contributed by atoms with Crippen molar-refractivity contribution in [3.63, 3.8) is 0 Å². The molecule has 146 valence electrons. The molecular formula is C16H26N4O4S2. The molecule has 1 aromatic heterocycles. The molecule has 0 N–H and O–H groups in total. The molecule has 0 aliphatic carbocycles. The minimum atomic E-state index is -3.63. The molecular weight excluding hydrogens is 376 g/mol. The molecule has 0 spiro atoms. The van der Waals surface area contributed by atoms with Crippen LogP contribution in [0.5, 0.6) is 0 Å². The van der Waals surface area contributed by atoms with Crippen LogP contribution in [-0.4, -0.2) is 99.6 Å². The number of carbonyl (C=O) groups excluding carboxylic acids is 2. The number of thiophene rings is 1. The summed E-state index contributed by atoms with van der Waals surface area (Å²) in [4.78, 5) is 29.6. The van der Waals surface area contributed by atoms with E-state index in [1.165, 1.54) is 13.1 Å². The van der Waals surface area contributed by atoms with Crippen LogP contribution in [0.2, 0.25) is 0 Å². The molecule has 10 heteroatoms. The molecule has 2 rings (SSSR count). The number of carbonyl (C=O) groups is 2. The highest BCUT2D eigenvalue weighted by molar-refractivity contribution is 7.91. The number of sulfonamides is 1. The van der Waals surface area contributed by atoms with Gasteiger partial charge in [-0.3, -0.25) is 14.5 Å². The largest absolute Gasteiger partial charge is 0.348 e. The second kappa shape index (κ2) is 8.94. The highest BCUT2D eigenvalue weighted by Crippen LogP contribution is 2.19. The fraction of sp³-hybridized carbons (Fsp3) is 0.625. The third-order valence-corrected chi connectivity index (χ3v) is 7.49. The van der Waals surface area contributed by atoms with Gasteiger partial charge in [-0.25, -0.2) is 8.42 Å². The molecule has 8 nitrogen and oxygen atoms in total. The highest BCUT2D eigenvalue weighted by Gasteiger charge is 2.27. The molecule has 1 aromatic rings. The lowest BCUT2D eigenvalue weighted by molar-refractivity contribution is -0.131. The monoisotopic (exact) mass is 402 g/mol. The molecule has 0 saturated carbocycles. The van der Waals surface area contributed by atoms with Gasteiger partial charge in [0.1, 0.15) is 4.21 Å². The molecule has 0 unspecified atom stereocenters. The Hall–Kier alpha value is -1.49. The Morgan fingerprint density at radius 2 is 1.88 bits per heavy atom. The zero-order valence-corrected chi connectivity index (χ0v) is 17.1. The molecule has 1 fully saturated rings. The lowest BCUT2D eigenvalue weighted by atomic mass is 10.3. The van der Waals surface area contributed by atoms with E-state index in [1.807, 2.05) is 4.90 Å². The maximum absolute atomic E-state index is 12.5. The fourth-order valence-corrected chi connectivity index (χ4v) is 4.97. The maximum atomic E-state index is 12.5. The Bertz CT molecular complexity index is 719. The quantitative estimate of drug-likeness (QED) is 0.669. The van der Waals surface area contributed by atoms with Gasteiger partial charge in [0, 0.05) is 47.3 Å². The van der Waals surface area contributed by atoms with Crippen molar-refractivity contribution in [2.24, 2.45) is 0 Å². The van der Waals surface area contributed by atoms with Gasteiger partial charge in [-0.1, -0.05) is 6.07 Å². The second-order valence-electron chi connectivity index (χ2n) is 6.49. The minimum absolute atomic E-state index is 0.0338. The average molecular weight is 403 g/mol. The molecule has 0 bridgehead atoms. The Balaban J connectivity index is 1.91. The first-order valence-electron chi connectivity index (χ1n) is 8.42. The summed E-state index contributed by atoms with van der Waals surface area (Å²) in [5.74, 6) is -0.181. The molecule has 1 aliphatic heterocycles. The van der Waals surface area contributed by atoms with Crippen molar-refractivity contribution in [1.82, 2.24) is 19.0 Å². The maximum Gasteiger partial charge on any atom is 0.252 e. The Labute approximate surface area is 159 Å². The number of likely N-dealkylation sites (N-methyl/N-ethyl adjacent to an activating group) is 2. The van der Waals surface area contributed by atoms with E-state index in [1.54, 1.807) is 35.3 Å². The summed E-state index contributed by atoms with van der Waals surface area (Å²) in [6, 6.07) is 3.21. The van der Waals surface area contributed by atoms with Crippen molar-refractivity contribution >= 4 is 33.2 Å². The van der Waals surface area contributed by atoms with E-state index in [9.17, 15) is 18.0 Å². The van der Waals surface area contributed by atoms with Crippen LogP contribution in [0.3, 0.4) is 0 Å². The van der Waals surface area contributed by atoms with Gasteiger partial charge in [0.05, 0.1) is 13.1 Å². The standard InChI is InChI=1S/C16H26N4O4S2/c1-17(2)14(21)13-19-7-5-8-20(10-9-19)15(22)12-18(3)26(23,24)16-6-4-11-25-16/h4,6,11H,5,7-10,12-13H2,1-3H3. The first kappa shape index (κ1) is 20.8. The van der Waals surface area contributed by atoms with Crippen LogP contribution < -0.4 is 0 Å². The minimum Gasteiger partial charge on any atom is -0.348 e. The van der Waals surface area contributed by atoms with Gasteiger partial charge < -0.3 is 9.80 Å². The summed E-state index contributed by atoms with van der Waals surface area (Å²) < 4.78 is 26.2. The molecule has 0 radical (unpaired) electrons. The summed E-state index contributed by atoms with van der Waals surface area (Å²) in [5, 5.41) is 1.70. The van der Waals surface area contributed by atoms with Gasteiger partial charge in [-0.05, 0) is 17.9 Å². The van der Waals surface area contributed by atoms with Gasteiger partial charge in [0.25, 0.3) is 10.0 Å². The van der Waals surface area contributed by atoms with Crippen LogP contribution in [0.25, 0.3) is 0 Å². The summed E-state index contributed by atoms with van der Waals surface area (Å²) >= 11 is 1.14. The molecule has 1 saturated heterocycles. The van der Waals surface area contributed by atoms with Crippen molar-refractivity contribution in [2.45, 2.75) is 10.6 Å². The lowest BCUT2D eigenvalue weighted by Crippen LogP contribution is -2.43. The number of hydrogen-bond acceptors (Lipinski definition) is 6. The van der Waals surface area contributed by atoms with Crippen LogP contribution in [0.4, 0.5) is 0 Å². The summed E-state index contributed by atoms with van der Waals surface area (Å²) in [6.07, 6.45) is 0.758. The van der Waals surface area contributed by atoms with Crippen molar-refractivity contribution < 1.29 is 18.0 Å². The normalized spacial score (nSPS) is 16.5. The van der Waals surface area contributed by atoms with Gasteiger partial charge in [0.2, 0.25) is 11.8 Å². The van der Waals surface area contributed by atoms with Gasteiger partial charge in [-0.15, -0.1) is 11.3 Å². The molecule has 26 heavy (non-hydrogen) atoms. The van der Waals surface area contributed by atoms with Gasteiger partial charge in [0.15, 0.2) is 0 Å². The third kappa shape index (κ3) is 5.26. The van der Waals surface area contributed by atoms with Crippen LogP contribution in [-0.2, 0) is 19.6 Å². The van der Waals surface area contributed by atoms with Crippen LogP contribution >= 0.6 is 11.3 Å². The van der Waals surface area contributed by atoms with Gasteiger partial charge in [-0.2, -0.15) is 4.31 Å². The summed E-state index contributed by atoms with van der Waals surface area (Å²) in [6.45, 7) is 2.56. The van der Waals surface area contributed by atoms with E-state index in [0.29, 0.717) is 26.2 Å². The number of rotatable bonds is 6. The van der Waals surface area contributed by atoms with Crippen molar-refractivity contribution in [1.29, 1.82) is 0 Å². The average Bonchev–Trinajstić information content (AvgIpc) is 3.03. The number of hydrogen-bond donors (Lipinski definition) is 0.